The van der Waals surface area contributed by atoms with Gasteiger partial charge in [-0.25, -0.2) is 0 Å². The first kappa shape index (κ1) is 16.8. The first-order valence-electron chi connectivity index (χ1n) is 8.59. The highest BCUT2D eigenvalue weighted by atomic mass is 16.2. The minimum Gasteiger partial charge on any atom is -0.349 e. The van der Waals surface area contributed by atoms with Gasteiger partial charge in [-0.3, -0.25) is 14.4 Å². The molecule has 0 saturated carbocycles. The van der Waals surface area contributed by atoms with Crippen LogP contribution in [0.5, 0.6) is 0 Å². The number of benzene rings is 3. The molecule has 6 heteroatoms. The minimum absolute atomic E-state index is 0.00943. The Morgan fingerprint density at radius 2 is 1.44 bits per heavy atom. The molecule has 1 unspecified atom stereocenters. The molecule has 3 N–H and O–H groups in total. The number of hydrogen-bond acceptors (Lipinski definition) is 3. The zero-order valence-corrected chi connectivity index (χ0v) is 14.4. The normalized spacial score (nSPS) is 16.5. The lowest BCUT2D eigenvalue weighted by atomic mass is 9.98. The minimum atomic E-state index is -0.874. The Labute approximate surface area is 155 Å². The molecule has 1 heterocycles. The van der Waals surface area contributed by atoms with E-state index in [1.54, 1.807) is 36.4 Å². The molecule has 0 saturated heterocycles. The van der Waals surface area contributed by atoms with Crippen LogP contribution < -0.4 is 16.0 Å². The molecular formula is C21H17N3O3. The fourth-order valence-electron chi connectivity index (χ4n) is 3.10. The largest absolute Gasteiger partial charge is 0.349 e. The Morgan fingerprint density at radius 1 is 0.852 bits per heavy atom. The molecule has 27 heavy (non-hydrogen) atoms. The number of amides is 3. The van der Waals surface area contributed by atoms with Crippen LogP contribution in [-0.2, 0) is 4.79 Å². The van der Waals surface area contributed by atoms with Crippen molar-refractivity contribution >= 4 is 34.2 Å². The average molecular weight is 359 g/mol. The zero-order chi connectivity index (χ0) is 18.8. The van der Waals surface area contributed by atoms with Crippen LogP contribution in [0.4, 0.5) is 5.69 Å². The van der Waals surface area contributed by atoms with E-state index >= 15 is 0 Å². The zero-order valence-electron chi connectivity index (χ0n) is 14.4. The summed E-state index contributed by atoms with van der Waals surface area (Å²) in [4.78, 5) is 37.8. The highest BCUT2D eigenvalue weighted by Gasteiger charge is 2.28. The second kappa shape index (κ2) is 6.92. The van der Waals surface area contributed by atoms with E-state index in [4.69, 9.17) is 0 Å². The summed E-state index contributed by atoms with van der Waals surface area (Å²) in [5.74, 6) is -1.21. The van der Waals surface area contributed by atoms with Crippen molar-refractivity contribution in [1.82, 2.24) is 10.6 Å². The Balaban J connectivity index is 1.63. The molecule has 3 amide bonds. The summed E-state index contributed by atoms with van der Waals surface area (Å²) in [6.45, 7) is 0.00943. The summed E-state index contributed by atoms with van der Waals surface area (Å²) in [6, 6.07) is 19.0. The molecule has 0 aliphatic carbocycles. The van der Waals surface area contributed by atoms with Gasteiger partial charge in [-0.2, -0.15) is 0 Å². The van der Waals surface area contributed by atoms with E-state index in [0.29, 0.717) is 11.3 Å². The highest BCUT2D eigenvalue weighted by molar-refractivity contribution is 6.12. The van der Waals surface area contributed by atoms with Crippen LogP contribution in [0.3, 0.4) is 0 Å². The van der Waals surface area contributed by atoms with Crippen molar-refractivity contribution in [3.8, 4) is 0 Å². The number of carbonyl (C=O) groups is 3. The first-order valence-corrected chi connectivity index (χ1v) is 8.59. The standard InChI is InChI=1S/C21H17N3O3/c25-19-16-10-13-6-4-5-7-14(13)11-17(16)20(26)24-18(12-22-19)21(27)23-15-8-2-1-3-9-15/h1-11,18H,12H2,(H,22,25)(H,23,27)(H,24,26). The molecule has 4 rings (SSSR count). The van der Waals surface area contributed by atoms with Crippen LogP contribution in [-0.4, -0.2) is 30.3 Å². The van der Waals surface area contributed by atoms with Gasteiger partial charge in [-0.15, -0.1) is 0 Å². The lowest BCUT2D eigenvalue weighted by Crippen LogP contribution is -2.52. The molecule has 134 valence electrons. The summed E-state index contributed by atoms with van der Waals surface area (Å²) in [5.41, 5.74) is 1.17. The van der Waals surface area contributed by atoms with E-state index < -0.39 is 11.9 Å². The Morgan fingerprint density at radius 3 is 2.11 bits per heavy atom. The van der Waals surface area contributed by atoms with Gasteiger partial charge in [0.05, 0.1) is 11.1 Å². The Hall–Kier alpha value is -3.67. The van der Waals surface area contributed by atoms with Gasteiger partial charge in [-0.05, 0) is 35.0 Å². The van der Waals surface area contributed by atoms with Gasteiger partial charge in [0, 0.05) is 12.2 Å². The topological polar surface area (TPSA) is 87.3 Å². The number of hydrogen-bond donors (Lipinski definition) is 3. The molecule has 0 aromatic heterocycles. The van der Waals surface area contributed by atoms with Gasteiger partial charge >= 0.3 is 0 Å². The number of rotatable bonds is 2. The predicted molar refractivity (Wildman–Crippen MR) is 103 cm³/mol. The van der Waals surface area contributed by atoms with Crippen molar-refractivity contribution in [3.63, 3.8) is 0 Å². The third-order valence-electron chi connectivity index (χ3n) is 4.50. The van der Waals surface area contributed by atoms with E-state index in [2.05, 4.69) is 16.0 Å². The molecule has 0 fully saturated rings. The van der Waals surface area contributed by atoms with Gasteiger partial charge in [0.1, 0.15) is 6.04 Å². The van der Waals surface area contributed by atoms with Crippen molar-refractivity contribution < 1.29 is 14.4 Å². The number of carbonyl (C=O) groups excluding carboxylic acids is 3. The van der Waals surface area contributed by atoms with Crippen LogP contribution in [0.1, 0.15) is 20.7 Å². The molecule has 0 radical (unpaired) electrons. The summed E-state index contributed by atoms with van der Waals surface area (Å²) in [7, 11) is 0. The third kappa shape index (κ3) is 3.37. The van der Waals surface area contributed by atoms with Crippen molar-refractivity contribution in [2.75, 3.05) is 11.9 Å². The molecule has 1 aliphatic heterocycles. The smallest absolute Gasteiger partial charge is 0.252 e. The van der Waals surface area contributed by atoms with Crippen LogP contribution in [0.15, 0.2) is 66.7 Å². The van der Waals surface area contributed by atoms with Gasteiger partial charge < -0.3 is 16.0 Å². The van der Waals surface area contributed by atoms with Gasteiger partial charge in [0.15, 0.2) is 0 Å². The van der Waals surface area contributed by atoms with Crippen molar-refractivity contribution in [2.45, 2.75) is 6.04 Å². The second-order valence-electron chi connectivity index (χ2n) is 6.34. The third-order valence-corrected chi connectivity index (χ3v) is 4.50. The summed E-state index contributed by atoms with van der Waals surface area (Å²) in [6.07, 6.45) is 0. The van der Waals surface area contributed by atoms with Crippen molar-refractivity contribution in [2.24, 2.45) is 0 Å². The summed E-state index contributed by atoms with van der Waals surface area (Å²) < 4.78 is 0. The highest BCUT2D eigenvalue weighted by Crippen LogP contribution is 2.21. The fourth-order valence-corrected chi connectivity index (χ4v) is 3.10. The van der Waals surface area contributed by atoms with E-state index in [1.165, 1.54) is 0 Å². The fraction of sp³-hybridized carbons (Fsp3) is 0.0952. The van der Waals surface area contributed by atoms with Gasteiger partial charge in [0.25, 0.3) is 11.8 Å². The van der Waals surface area contributed by atoms with Crippen LogP contribution in [0, 0.1) is 0 Å². The Bertz CT molecular complexity index is 1050. The van der Waals surface area contributed by atoms with Crippen LogP contribution >= 0.6 is 0 Å². The molecule has 1 aliphatic rings. The lowest BCUT2D eigenvalue weighted by Gasteiger charge is -2.23. The maximum absolute atomic E-state index is 12.7. The SMILES string of the molecule is O=C1NCC(C(=O)Nc2ccccc2)NC(=O)c2cc3ccccc3cc21. The predicted octanol–water partition coefficient (Wildman–Crippen LogP) is 2.32. The van der Waals surface area contributed by atoms with Crippen LogP contribution in [0.2, 0.25) is 0 Å². The lowest BCUT2D eigenvalue weighted by molar-refractivity contribution is -0.117. The average Bonchev–Trinajstić information content (AvgIpc) is 2.69. The first-order chi connectivity index (χ1) is 13.1. The maximum atomic E-state index is 12.7. The van der Waals surface area contributed by atoms with E-state index in [1.807, 2.05) is 30.3 Å². The molecule has 3 aromatic rings. The maximum Gasteiger partial charge on any atom is 0.252 e. The molecule has 3 aromatic carbocycles. The van der Waals surface area contributed by atoms with Gasteiger partial charge in [0.2, 0.25) is 5.91 Å². The van der Waals surface area contributed by atoms with E-state index in [0.717, 1.165) is 10.8 Å². The summed E-state index contributed by atoms with van der Waals surface area (Å²) in [5, 5.41) is 9.91. The molecule has 0 spiro atoms. The van der Waals surface area contributed by atoms with Crippen LogP contribution in [0.25, 0.3) is 10.8 Å². The quantitative estimate of drug-likeness (QED) is 0.656. The number of nitrogens with one attached hydrogen (secondary N) is 3. The molecule has 6 nitrogen and oxygen atoms in total. The second-order valence-corrected chi connectivity index (χ2v) is 6.34. The Kier molecular flexibility index (Phi) is 4.30. The number of para-hydroxylation sites is 1. The van der Waals surface area contributed by atoms with E-state index in [9.17, 15) is 14.4 Å². The monoisotopic (exact) mass is 359 g/mol. The van der Waals surface area contributed by atoms with Crippen molar-refractivity contribution in [1.29, 1.82) is 0 Å². The number of fused-ring (bicyclic) bond motifs is 2. The summed E-state index contributed by atoms with van der Waals surface area (Å²) >= 11 is 0. The number of anilines is 1. The molecular weight excluding hydrogens is 342 g/mol. The molecule has 0 bridgehead atoms. The van der Waals surface area contributed by atoms with Gasteiger partial charge in [-0.1, -0.05) is 42.5 Å². The molecule has 1 atom stereocenters. The van der Waals surface area contributed by atoms with Crippen molar-refractivity contribution in [3.05, 3.63) is 77.9 Å². The van der Waals surface area contributed by atoms with E-state index in [-0.39, 0.29) is 23.9 Å².